The van der Waals surface area contributed by atoms with Crippen LogP contribution in [-0.4, -0.2) is 36.0 Å². The average Bonchev–Trinajstić information content (AvgIpc) is 2.74. The lowest BCUT2D eigenvalue weighted by molar-refractivity contribution is -0.121. The van der Waals surface area contributed by atoms with Gasteiger partial charge in [-0.2, -0.15) is 0 Å². The molecule has 0 aliphatic rings. The number of phenolic OH excluding ortho intramolecular Hbond substituents is 2. The number of phenols is 2. The molecular weight excluding hydrogens is 372 g/mol. The quantitative estimate of drug-likeness (QED) is 0.395. The Bertz CT molecular complexity index is 838. The second-order valence-electron chi connectivity index (χ2n) is 5.64. The van der Waals surface area contributed by atoms with E-state index in [1.807, 2.05) is 0 Å². The summed E-state index contributed by atoms with van der Waals surface area (Å²) in [4.78, 5) is 23.9. The first kappa shape index (κ1) is 23.2. The fraction of sp³-hybridized carbons (Fsp3) is 0.130. The minimum atomic E-state index is -0.347. The lowest BCUT2D eigenvalue weighted by Crippen LogP contribution is -2.01. The Labute approximate surface area is 170 Å². The Hall–Kier alpha value is -3.80. The molecule has 0 saturated carbocycles. The Morgan fingerprint density at radius 2 is 1.21 bits per heavy atom. The summed E-state index contributed by atoms with van der Waals surface area (Å²) in [6.07, 6.45) is 5.44. The van der Waals surface area contributed by atoms with Gasteiger partial charge in [0, 0.05) is 0 Å². The number of aromatic hydroxyl groups is 2. The van der Waals surface area contributed by atoms with E-state index >= 15 is 0 Å². The van der Waals surface area contributed by atoms with Crippen molar-refractivity contribution in [3.05, 3.63) is 72.8 Å². The van der Waals surface area contributed by atoms with Crippen molar-refractivity contribution in [2.24, 2.45) is 0 Å². The van der Waals surface area contributed by atoms with Gasteiger partial charge >= 0.3 is 0 Å². The highest BCUT2D eigenvalue weighted by Gasteiger charge is 2.06. The number of hydrogen-bond donors (Lipinski definition) is 2. The lowest BCUT2D eigenvalue weighted by Gasteiger charge is -2.03. The molecular formula is C23H24O6. The summed E-state index contributed by atoms with van der Waals surface area (Å²) in [6, 6.07) is 9.34. The van der Waals surface area contributed by atoms with Gasteiger partial charge in [0.15, 0.2) is 34.6 Å². The molecule has 2 aromatic carbocycles. The molecule has 0 heterocycles. The molecule has 6 nitrogen and oxygen atoms in total. The zero-order valence-electron chi connectivity index (χ0n) is 16.4. The molecule has 29 heavy (non-hydrogen) atoms. The van der Waals surface area contributed by atoms with Gasteiger partial charge in [-0.15, -0.1) is 13.2 Å². The normalized spacial score (nSPS) is 10.4. The first-order valence-electron chi connectivity index (χ1n) is 8.58. The van der Waals surface area contributed by atoms with Crippen LogP contribution in [0.3, 0.4) is 0 Å². The second kappa shape index (κ2) is 11.8. The minimum absolute atomic E-state index is 0.00662. The van der Waals surface area contributed by atoms with Crippen LogP contribution in [0.15, 0.2) is 61.7 Å². The number of ether oxygens (including phenoxy) is 2. The van der Waals surface area contributed by atoms with Crippen molar-refractivity contribution >= 4 is 23.7 Å². The van der Waals surface area contributed by atoms with Crippen molar-refractivity contribution in [1.82, 2.24) is 0 Å². The molecule has 2 rings (SSSR count). The highest BCUT2D eigenvalue weighted by molar-refractivity contribution is 6.10. The summed E-state index contributed by atoms with van der Waals surface area (Å²) in [5.74, 6) is -0.0832. The van der Waals surface area contributed by atoms with Crippen LogP contribution in [0.1, 0.15) is 17.5 Å². The molecule has 6 heteroatoms. The monoisotopic (exact) mass is 396 g/mol. The average molecular weight is 396 g/mol. The van der Waals surface area contributed by atoms with Crippen molar-refractivity contribution in [3.63, 3.8) is 0 Å². The third-order valence-corrected chi connectivity index (χ3v) is 3.68. The summed E-state index contributed by atoms with van der Waals surface area (Å²) in [5.41, 5.74) is 1.33. The van der Waals surface area contributed by atoms with Crippen molar-refractivity contribution in [1.29, 1.82) is 0 Å². The van der Waals surface area contributed by atoms with E-state index in [9.17, 15) is 19.8 Å². The molecule has 0 aliphatic heterocycles. The third kappa shape index (κ3) is 7.38. The zero-order valence-corrected chi connectivity index (χ0v) is 16.4. The molecule has 0 spiro atoms. The summed E-state index contributed by atoms with van der Waals surface area (Å²) >= 11 is 0. The molecule has 0 fully saturated rings. The topological polar surface area (TPSA) is 93.1 Å². The minimum Gasteiger partial charge on any atom is -0.504 e. The van der Waals surface area contributed by atoms with Gasteiger partial charge < -0.3 is 19.7 Å². The standard InChI is InChI=1S/C21H20O6.C2H4/c1-26-20-11-14(5-9-18(20)24)3-7-16(22)13-17(23)8-4-15-6-10-19(25)21(12-15)27-2;1-2/h3-12,24-25H,13H2,1-2H3;1-2H2/b7-3+,8-4+;. The smallest absolute Gasteiger partial charge is 0.163 e. The molecule has 2 aromatic rings. The van der Waals surface area contributed by atoms with Crippen molar-refractivity contribution in [2.45, 2.75) is 6.42 Å². The van der Waals surface area contributed by atoms with Gasteiger partial charge in [0.1, 0.15) is 0 Å². The Morgan fingerprint density at radius 3 is 1.55 bits per heavy atom. The van der Waals surface area contributed by atoms with E-state index in [0.29, 0.717) is 22.6 Å². The van der Waals surface area contributed by atoms with Gasteiger partial charge in [0.25, 0.3) is 0 Å². The Kier molecular flexibility index (Phi) is 9.47. The van der Waals surface area contributed by atoms with Gasteiger partial charge in [-0.3, -0.25) is 9.59 Å². The summed E-state index contributed by atoms with van der Waals surface area (Å²) in [7, 11) is 2.87. The second-order valence-corrected chi connectivity index (χ2v) is 5.64. The Morgan fingerprint density at radius 1 is 0.828 bits per heavy atom. The van der Waals surface area contributed by atoms with Crippen molar-refractivity contribution < 1.29 is 29.3 Å². The lowest BCUT2D eigenvalue weighted by atomic mass is 10.1. The SMILES string of the molecule is C=C.COc1cc(/C=C/C(=O)CC(=O)/C=C/c2ccc(O)c(OC)c2)ccc1O. The molecule has 0 unspecified atom stereocenters. The van der Waals surface area contributed by atoms with Crippen LogP contribution in [0.4, 0.5) is 0 Å². The molecule has 0 atom stereocenters. The fourth-order valence-corrected chi connectivity index (χ4v) is 2.26. The number of ketones is 2. The number of carbonyl (C=O) groups excluding carboxylic acids is 2. The van der Waals surface area contributed by atoms with Crippen LogP contribution in [0.25, 0.3) is 12.2 Å². The maximum atomic E-state index is 11.9. The van der Waals surface area contributed by atoms with Crippen LogP contribution >= 0.6 is 0 Å². The summed E-state index contributed by atoms with van der Waals surface area (Å²) < 4.78 is 10.00. The molecule has 0 radical (unpaired) electrons. The van der Waals surface area contributed by atoms with Gasteiger partial charge in [0.2, 0.25) is 0 Å². The molecule has 0 saturated heterocycles. The molecule has 152 valence electrons. The van der Waals surface area contributed by atoms with Crippen LogP contribution < -0.4 is 9.47 Å². The third-order valence-electron chi connectivity index (χ3n) is 3.68. The van der Waals surface area contributed by atoms with Crippen LogP contribution in [0, 0.1) is 0 Å². The maximum Gasteiger partial charge on any atom is 0.163 e. The molecule has 0 aromatic heterocycles. The predicted molar refractivity (Wildman–Crippen MR) is 113 cm³/mol. The van der Waals surface area contributed by atoms with Gasteiger partial charge in [0.05, 0.1) is 20.6 Å². The van der Waals surface area contributed by atoms with E-state index < -0.39 is 0 Å². The van der Waals surface area contributed by atoms with Gasteiger partial charge in [-0.05, 0) is 47.5 Å². The first-order valence-corrected chi connectivity index (χ1v) is 8.58. The van der Waals surface area contributed by atoms with E-state index in [1.165, 1.54) is 38.5 Å². The van der Waals surface area contributed by atoms with E-state index in [0.717, 1.165) is 0 Å². The highest BCUT2D eigenvalue weighted by Crippen LogP contribution is 2.27. The molecule has 0 aliphatic carbocycles. The maximum absolute atomic E-state index is 11.9. The number of methoxy groups -OCH3 is 2. The van der Waals surface area contributed by atoms with Crippen LogP contribution in [0.5, 0.6) is 23.0 Å². The molecule has 2 N–H and O–H groups in total. The molecule has 0 amide bonds. The Balaban J connectivity index is 0.00000204. The number of carbonyl (C=O) groups is 2. The zero-order chi connectivity index (χ0) is 21.8. The van der Waals surface area contributed by atoms with E-state index in [-0.39, 0.29) is 29.5 Å². The first-order chi connectivity index (χ1) is 13.9. The van der Waals surface area contributed by atoms with Crippen LogP contribution in [-0.2, 0) is 9.59 Å². The number of allylic oxidation sites excluding steroid dienone is 2. The summed E-state index contributed by atoms with van der Waals surface area (Å²) in [6.45, 7) is 6.00. The van der Waals surface area contributed by atoms with E-state index in [2.05, 4.69) is 13.2 Å². The number of hydrogen-bond acceptors (Lipinski definition) is 6. The number of rotatable bonds is 8. The van der Waals surface area contributed by atoms with Crippen molar-refractivity contribution in [2.75, 3.05) is 14.2 Å². The van der Waals surface area contributed by atoms with Crippen molar-refractivity contribution in [3.8, 4) is 23.0 Å². The fourth-order valence-electron chi connectivity index (χ4n) is 2.26. The highest BCUT2D eigenvalue weighted by atomic mass is 16.5. The van der Waals surface area contributed by atoms with Gasteiger partial charge in [-0.25, -0.2) is 0 Å². The predicted octanol–water partition coefficient (Wildman–Crippen LogP) is 4.17. The van der Waals surface area contributed by atoms with E-state index in [4.69, 9.17) is 9.47 Å². The summed E-state index contributed by atoms with van der Waals surface area (Å²) in [5, 5.41) is 19.1. The van der Waals surface area contributed by atoms with Crippen LogP contribution in [0.2, 0.25) is 0 Å². The molecule has 0 bridgehead atoms. The largest absolute Gasteiger partial charge is 0.504 e. The van der Waals surface area contributed by atoms with E-state index in [1.54, 1.807) is 36.4 Å². The van der Waals surface area contributed by atoms with Gasteiger partial charge in [-0.1, -0.05) is 24.3 Å². The number of benzene rings is 2.